The first kappa shape index (κ1) is 11.8. The first-order chi connectivity index (χ1) is 8.16. The predicted molar refractivity (Wildman–Crippen MR) is 62.6 cm³/mol. The summed E-state index contributed by atoms with van der Waals surface area (Å²) in [6, 6.07) is 5.62. The number of para-hydroxylation sites is 1. The maximum absolute atomic E-state index is 13.3. The zero-order valence-electron chi connectivity index (χ0n) is 9.46. The molecular weight excluding hydrogens is 223 g/mol. The molecule has 1 fully saturated rings. The number of nitrogens with one attached hydrogen (secondary N) is 4. The molecule has 1 saturated heterocycles. The minimum absolute atomic E-state index is 0.151. The molecule has 17 heavy (non-hydrogen) atoms. The van der Waals surface area contributed by atoms with Crippen molar-refractivity contribution in [1.29, 1.82) is 0 Å². The number of hydrogen-bond acceptors (Lipinski definition) is 3. The molecule has 1 aliphatic heterocycles. The van der Waals surface area contributed by atoms with E-state index in [0.29, 0.717) is 0 Å². The van der Waals surface area contributed by atoms with Crippen LogP contribution in [0.5, 0.6) is 0 Å². The topological polar surface area (TPSA) is 65.2 Å². The lowest BCUT2D eigenvalue weighted by molar-refractivity contribution is 0.244. The van der Waals surface area contributed by atoms with Crippen LogP contribution in [0.3, 0.4) is 0 Å². The molecule has 2 amide bonds. The number of anilines is 1. The van der Waals surface area contributed by atoms with Gasteiger partial charge in [0.05, 0.1) is 11.9 Å². The van der Waals surface area contributed by atoms with Gasteiger partial charge in [0.2, 0.25) is 0 Å². The number of carbonyl (C=O) groups excluding carboxylic acids is 1. The quantitative estimate of drug-likeness (QED) is 0.622. The molecule has 0 aliphatic carbocycles. The molecule has 1 heterocycles. The fraction of sp³-hybridized carbons (Fsp3) is 0.364. The van der Waals surface area contributed by atoms with E-state index in [2.05, 4.69) is 21.5 Å². The van der Waals surface area contributed by atoms with E-state index in [0.717, 1.165) is 6.54 Å². The predicted octanol–water partition coefficient (Wildman–Crippen LogP) is 1.02. The van der Waals surface area contributed by atoms with Crippen LogP contribution in [0.15, 0.2) is 24.3 Å². The van der Waals surface area contributed by atoms with Crippen molar-refractivity contribution in [3.05, 3.63) is 30.1 Å². The van der Waals surface area contributed by atoms with E-state index in [1.54, 1.807) is 12.1 Å². The number of rotatable bonds is 2. The van der Waals surface area contributed by atoms with Crippen LogP contribution in [0.1, 0.15) is 6.92 Å². The number of amides is 2. The molecule has 0 saturated carbocycles. The van der Waals surface area contributed by atoms with E-state index in [1.807, 2.05) is 6.92 Å². The average molecular weight is 238 g/mol. The van der Waals surface area contributed by atoms with E-state index in [1.165, 1.54) is 12.1 Å². The van der Waals surface area contributed by atoms with Crippen LogP contribution in [0.4, 0.5) is 14.9 Å². The minimum atomic E-state index is -0.451. The largest absolute Gasteiger partial charge is 0.321 e. The summed E-state index contributed by atoms with van der Waals surface area (Å²) in [5.41, 5.74) is 6.03. The van der Waals surface area contributed by atoms with Crippen molar-refractivity contribution in [1.82, 2.24) is 16.2 Å². The van der Waals surface area contributed by atoms with Gasteiger partial charge >= 0.3 is 6.03 Å². The molecule has 0 bridgehead atoms. The Labute approximate surface area is 98.7 Å². The second kappa shape index (κ2) is 5.11. The molecule has 5 nitrogen and oxygen atoms in total. The first-order valence-electron chi connectivity index (χ1n) is 5.47. The summed E-state index contributed by atoms with van der Waals surface area (Å²) >= 11 is 0. The highest BCUT2D eigenvalue weighted by Crippen LogP contribution is 2.12. The molecule has 6 heteroatoms. The fourth-order valence-corrected chi connectivity index (χ4v) is 1.63. The summed E-state index contributed by atoms with van der Waals surface area (Å²) in [5.74, 6) is -0.172. The Bertz CT molecular complexity index is 412. The third-order valence-electron chi connectivity index (χ3n) is 2.66. The Morgan fingerprint density at radius 1 is 1.47 bits per heavy atom. The van der Waals surface area contributed by atoms with Gasteiger partial charge in [0, 0.05) is 12.5 Å². The van der Waals surface area contributed by atoms with Crippen LogP contribution in [-0.2, 0) is 0 Å². The highest BCUT2D eigenvalue weighted by atomic mass is 19.1. The Hall–Kier alpha value is -1.66. The molecule has 1 aliphatic rings. The van der Waals surface area contributed by atoms with Crippen LogP contribution >= 0.6 is 0 Å². The molecule has 2 atom stereocenters. The van der Waals surface area contributed by atoms with Crippen LogP contribution in [-0.4, -0.2) is 18.7 Å². The van der Waals surface area contributed by atoms with Crippen LogP contribution in [0, 0.1) is 11.7 Å². The molecule has 2 rings (SSSR count). The van der Waals surface area contributed by atoms with Gasteiger partial charge in [-0.05, 0) is 12.1 Å². The summed E-state index contributed by atoms with van der Waals surface area (Å²) in [4.78, 5) is 11.6. The summed E-state index contributed by atoms with van der Waals surface area (Å²) < 4.78 is 13.3. The molecule has 0 radical (unpaired) electrons. The van der Waals surface area contributed by atoms with E-state index in [-0.39, 0.29) is 17.8 Å². The fourth-order valence-electron chi connectivity index (χ4n) is 1.63. The van der Waals surface area contributed by atoms with E-state index in [4.69, 9.17) is 0 Å². The number of benzene rings is 1. The van der Waals surface area contributed by atoms with Gasteiger partial charge in [0.15, 0.2) is 0 Å². The van der Waals surface area contributed by atoms with Crippen molar-refractivity contribution in [2.75, 3.05) is 11.9 Å². The van der Waals surface area contributed by atoms with Gasteiger partial charge in [-0.2, -0.15) is 0 Å². The van der Waals surface area contributed by atoms with E-state index < -0.39 is 11.8 Å². The van der Waals surface area contributed by atoms with Gasteiger partial charge in [-0.3, -0.25) is 5.43 Å². The van der Waals surface area contributed by atoms with Crippen LogP contribution < -0.4 is 21.5 Å². The highest BCUT2D eigenvalue weighted by Gasteiger charge is 2.24. The molecule has 92 valence electrons. The molecule has 1 aromatic carbocycles. The Kier molecular flexibility index (Phi) is 3.55. The van der Waals surface area contributed by atoms with Crippen LogP contribution in [0.25, 0.3) is 0 Å². The maximum Gasteiger partial charge on any atom is 0.320 e. The Morgan fingerprint density at radius 2 is 2.24 bits per heavy atom. The van der Waals surface area contributed by atoms with Gasteiger partial charge in [-0.15, -0.1) is 0 Å². The van der Waals surface area contributed by atoms with Crippen molar-refractivity contribution >= 4 is 11.7 Å². The number of hydrogen-bond donors (Lipinski definition) is 4. The van der Waals surface area contributed by atoms with Crippen molar-refractivity contribution < 1.29 is 9.18 Å². The summed E-state index contributed by atoms with van der Waals surface area (Å²) in [6.45, 7) is 2.78. The zero-order chi connectivity index (χ0) is 12.3. The van der Waals surface area contributed by atoms with Gasteiger partial charge in [0.25, 0.3) is 0 Å². The monoisotopic (exact) mass is 238 g/mol. The van der Waals surface area contributed by atoms with Gasteiger partial charge in [0.1, 0.15) is 5.82 Å². The normalized spacial score (nSPS) is 23.4. The van der Waals surface area contributed by atoms with Gasteiger partial charge in [-0.1, -0.05) is 19.1 Å². The Balaban J connectivity index is 1.91. The third kappa shape index (κ3) is 2.92. The minimum Gasteiger partial charge on any atom is -0.321 e. The standard InChI is InChI=1S/C11H15FN4O/c1-7-6-13-16-10(7)15-11(17)14-9-5-3-2-4-8(9)12/h2-5,7,10,13,16H,6H2,1H3,(H2,14,15,17). The number of halogens is 1. The number of urea groups is 1. The smallest absolute Gasteiger partial charge is 0.320 e. The summed E-state index contributed by atoms with van der Waals surface area (Å²) in [5, 5.41) is 5.18. The van der Waals surface area contributed by atoms with Crippen molar-refractivity contribution in [2.45, 2.75) is 13.1 Å². The lowest BCUT2D eigenvalue weighted by atomic mass is 10.1. The van der Waals surface area contributed by atoms with E-state index >= 15 is 0 Å². The van der Waals surface area contributed by atoms with Crippen LogP contribution in [0.2, 0.25) is 0 Å². The van der Waals surface area contributed by atoms with E-state index in [9.17, 15) is 9.18 Å². The molecule has 0 aromatic heterocycles. The zero-order valence-corrected chi connectivity index (χ0v) is 9.46. The highest BCUT2D eigenvalue weighted by molar-refractivity contribution is 5.89. The average Bonchev–Trinajstić information content (AvgIpc) is 2.68. The molecule has 1 aromatic rings. The Morgan fingerprint density at radius 3 is 2.88 bits per heavy atom. The molecule has 0 spiro atoms. The third-order valence-corrected chi connectivity index (χ3v) is 2.66. The first-order valence-corrected chi connectivity index (χ1v) is 5.47. The number of carbonyl (C=O) groups is 1. The lowest BCUT2D eigenvalue weighted by Crippen LogP contribution is -2.48. The van der Waals surface area contributed by atoms with Crippen molar-refractivity contribution in [2.24, 2.45) is 5.92 Å². The number of hydrazine groups is 1. The second-order valence-corrected chi connectivity index (χ2v) is 4.06. The second-order valence-electron chi connectivity index (χ2n) is 4.06. The molecule has 2 unspecified atom stereocenters. The van der Waals surface area contributed by atoms with Crippen molar-refractivity contribution in [3.63, 3.8) is 0 Å². The SMILES string of the molecule is CC1CNNC1NC(=O)Nc1ccccc1F. The summed E-state index contributed by atoms with van der Waals surface area (Å²) in [7, 11) is 0. The molecular formula is C11H15FN4O. The van der Waals surface area contributed by atoms with Gasteiger partial charge < -0.3 is 10.6 Å². The van der Waals surface area contributed by atoms with Crippen molar-refractivity contribution in [3.8, 4) is 0 Å². The maximum atomic E-state index is 13.3. The molecule has 4 N–H and O–H groups in total. The summed E-state index contributed by atoms with van der Waals surface area (Å²) in [6.07, 6.45) is -0.151. The van der Waals surface area contributed by atoms with Gasteiger partial charge in [-0.25, -0.2) is 14.6 Å². The lowest BCUT2D eigenvalue weighted by Gasteiger charge is -2.17.